The SMILES string of the molecule is CC(C)(C)C(=O)NC1CCN(c2ccccc2C(=O)NC2CCCc3ccccc32)CC1. The summed E-state index contributed by atoms with van der Waals surface area (Å²) in [5.41, 5.74) is 3.93. The van der Waals surface area contributed by atoms with Crippen molar-refractivity contribution in [2.75, 3.05) is 18.0 Å². The molecule has 1 fully saturated rings. The zero-order chi connectivity index (χ0) is 22.7. The summed E-state index contributed by atoms with van der Waals surface area (Å²) in [7, 11) is 0. The van der Waals surface area contributed by atoms with Crippen LogP contribution in [-0.2, 0) is 11.2 Å². The van der Waals surface area contributed by atoms with Crippen molar-refractivity contribution >= 4 is 17.5 Å². The number of nitrogens with zero attached hydrogens (tertiary/aromatic N) is 1. The van der Waals surface area contributed by atoms with Crippen LogP contribution in [0.4, 0.5) is 5.69 Å². The van der Waals surface area contributed by atoms with Gasteiger partial charge in [-0.05, 0) is 55.4 Å². The highest BCUT2D eigenvalue weighted by molar-refractivity contribution is 6.00. The number of hydrogen-bond acceptors (Lipinski definition) is 3. The van der Waals surface area contributed by atoms with Crippen molar-refractivity contribution in [1.29, 1.82) is 0 Å². The Bertz CT molecular complexity index is 971. The van der Waals surface area contributed by atoms with E-state index in [1.165, 1.54) is 11.1 Å². The van der Waals surface area contributed by atoms with Crippen LogP contribution in [-0.4, -0.2) is 30.9 Å². The molecule has 32 heavy (non-hydrogen) atoms. The maximum absolute atomic E-state index is 13.3. The van der Waals surface area contributed by atoms with Gasteiger partial charge in [-0.25, -0.2) is 0 Å². The van der Waals surface area contributed by atoms with Gasteiger partial charge in [0.1, 0.15) is 0 Å². The summed E-state index contributed by atoms with van der Waals surface area (Å²) < 4.78 is 0. The highest BCUT2D eigenvalue weighted by Gasteiger charge is 2.28. The highest BCUT2D eigenvalue weighted by atomic mass is 16.2. The lowest BCUT2D eigenvalue weighted by atomic mass is 9.87. The van der Waals surface area contributed by atoms with Crippen LogP contribution in [0.3, 0.4) is 0 Å². The van der Waals surface area contributed by atoms with Crippen molar-refractivity contribution in [2.45, 2.75) is 65.0 Å². The van der Waals surface area contributed by atoms with E-state index in [1.54, 1.807) is 0 Å². The Kier molecular flexibility index (Phi) is 6.54. The molecule has 0 saturated carbocycles. The van der Waals surface area contributed by atoms with Crippen molar-refractivity contribution in [3.63, 3.8) is 0 Å². The third-order valence-corrected chi connectivity index (χ3v) is 6.68. The number of nitrogens with one attached hydrogen (secondary N) is 2. The number of para-hydroxylation sites is 1. The number of amides is 2. The third-order valence-electron chi connectivity index (χ3n) is 6.68. The fraction of sp³-hybridized carbons (Fsp3) is 0.481. The van der Waals surface area contributed by atoms with E-state index in [9.17, 15) is 9.59 Å². The van der Waals surface area contributed by atoms with Crippen LogP contribution in [0.1, 0.15) is 74.0 Å². The highest BCUT2D eigenvalue weighted by Crippen LogP contribution is 2.31. The maximum atomic E-state index is 13.3. The van der Waals surface area contributed by atoms with Crippen molar-refractivity contribution in [1.82, 2.24) is 10.6 Å². The molecule has 2 N–H and O–H groups in total. The molecular formula is C27H35N3O2. The minimum Gasteiger partial charge on any atom is -0.371 e. The molecule has 1 unspecified atom stereocenters. The van der Waals surface area contributed by atoms with E-state index in [-0.39, 0.29) is 29.3 Å². The Hall–Kier alpha value is -2.82. The minimum atomic E-state index is -0.375. The average Bonchev–Trinajstić information content (AvgIpc) is 2.79. The maximum Gasteiger partial charge on any atom is 0.253 e. The van der Waals surface area contributed by atoms with E-state index >= 15 is 0 Å². The molecule has 1 aliphatic heterocycles. The van der Waals surface area contributed by atoms with E-state index in [1.807, 2.05) is 45.0 Å². The molecular weight excluding hydrogens is 398 g/mol. The second-order valence-corrected chi connectivity index (χ2v) is 10.1. The molecule has 0 bridgehead atoms. The van der Waals surface area contributed by atoms with Crippen molar-refractivity contribution in [3.8, 4) is 0 Å². The average molecular weight is 434 g/mol. The quantitative estimate of drug-likeness (QED) is 0.739. The van der Waals surface area contributed by atoms with Crippen LogP contribution in [0.2, 0.25) is 0 Å². The summed E-state index contributed by atoms with van der Waals surface area (Å²) in [5.74, 6) is 0.0916. The largest absolute Gasteiger partial charge is 0.371 e. The zero-order valence-corrected chi connectivity index (χ0v) is 19.5. The molecule has 0 radical (unpaired) electrons. The summed E-state index contributed by atoms with van der Waals surface area (Å²) in [6, 6.07) is 16.6. The second-order valence-electron chi connectivity index (χ2n) is 10.1. The summed E-state index contributed by atoms with van der Waals surface area (Å²) in [5, 5.41) is 6.49. The molecule has 1 atom stereocenters. The second kappa shape index (κ2) is 9.35. The lowest BCUT2D eigenvalue weighted by Gasteiger charge is -2.36. The normalized spacial score (nSPS) is 19.2. The van der Waals surface area contributed by atoms with Gasteiger partial charge < -0.3 is 15.5 Å². The number of hydrogen-bond donors (Lipinski definition) is 2. The van der Waals surface area contributed by atoms with Gasteiger partial charge in [0, 0.05) is 30.2 Å². The van der Waals surface area contributed by atoms with Gasteiger partial charge in [0.2, 0.25) is 5.91 Å². The van der Waals surface area contributed by atoms with Crippen LogP contribution in [0, 0.1) is 5.41 Å². The monoisotopic (exact) mass is 433 g/mol. The van der Waals surface area contributed by atoms with E-state index in [0.29, 0.717) is 0 Å². The molecule has 2 aromatic rings. The number of rotatable bonds is 4. The van der Waals surface area contributed by atoms with Crippen LogP contribution in [0.25, 0.3) is 0 Å². The number of carbonyl (C=O) groups excluding carboxylic acids is 2. The summed E-state index contributed by atoms with van der Waals surface area (Å²) >= 11 is 0. The molecule has 170 valence electrons. The molecule has 2 aromatic carbocycles. The van der Waals surface area contributed by atoms with Crippen LogP contribution in [0.5, 0.6) is 0 Å². The van der Waals surface area contributed by atoms with Gasteiger partial charge in [-0.3, -0.25) is 9.59 Å². The lowest BCUT2D eigenvalue weighted by Crippen LogP contribution is -2.48. The lowest BCUT2D eigenvalue weighted by molar-refractivity contribution is -0.129. The van der Waals surface area contributed by atoms with E-state index in [0.717, 1.165) is 56.4 Å². The first-order valence-electron chi connectivity index (χ1n) is 11.9. The van der Waals surface area contributed by atoms with Gasteiger partial charge in [-0.1, -0.05) is 57.2 Å². The molecule has 0 spiro atoms. The zero-order valence-electron chi connectivity index (χ0n) is 19.5. The number of benzene rings is 2. The van der Waals surface area contributed by atoms with Crippen LogP contribution >= 0.6 is 0 Å². The fourth-order valence-corrected chi connectivity index (χ4v) is 4.75. The molecule has 0 aromatic heterocycles. The predicted molar refractivity (Wildman–Crippen MR) is 129 cm³/mol. The number of piperidine rings is 1. The van der Waals surface area contributed by atoms with E-state index in [2.05, 4.69) is 39.8 Å². The minimum absolute atomic E-state index is 0.00883. The molecule has 5 heteroatoms. The summed E-state index contributed by atoms with van der Waals surface area (Å²) in [4.78, 5) is 27.9. The fourth-order valence-electron chi connectivity index (χ4n) is 4.75. The molecule has 2 amide bonds. The Morgan fingerprint density at radius 2 is 1.59 bits per heavy atom. The molecule has 5 nitrogen and oxygen atoms in total. The first-order chi connectivity index (χ1) is 15.3. The van der Waals surface area contributed by atoms with E-state index < -0.39 is 0 Å². The Morgan fingerprint density at radius 3 is 2.34 bits per heavy atom. The standard InChI is InChI=1S/C27H35N3O2/c1-27(2,3)26(32)28-20-15-17-30(18-16-20)24-14-7-6-12-22(24)25(31)29-23-13-8-10-19-9-4-5-11-21(19)23/h4-7,9,11-12,14,20,23H,8,10,13,15-18H2,1-3H3,(H,28,32)(H,29,31). The Morgan fingerprint density at radius 1 is 0.906 bits per heavy atom. The number of carbonyl (C=O) groups is 2. The number of fused-ring (bicyclic) bond motifs is 1. The van der Waals surface area contributed by atoms with Crippen molar-refractivity contribution in [3.05, 3.63) is 65.2 Å². The third kappa shape index (κ3) is 4.98. The van der Waals surface area contributed by atoms with Crippen molar-refractivity contribution < 1.29 is 9.59 Å². The first kappa shape index (κ1) is 22.4. The number of aryl methyl sites for hydroxylation is 1. The van der Waals surface area contributed by atoms with Gasteiger partial charge in [0.05, 0.1) is 11.6 Å². The van der Waals surface area contributed by atoms with Gasteiger partial charge in [0.25, 0.3) is 5.91 Å². The molecule has 4 rings (SSSR count). The predicted octanol–water partition coefficient (Wildman–Crippen LogP) is 4.63. The van der Waals surface area contributed by atoms with Gasteiger partial charge in [0.15, 0.2) is 0 Å². The van der Waals surface area contributed by atoms with Crippen LogP contribution < -0.4 is 15.5 Å². The summed E-state index contributed by atoms with van der Waals surface area (Å²) in [6.07, 6.45) is 4.92. The van der Waals surface area contributed by atoms with Gasteiger partial charge in [-0.2, -0.15) is 0 Å². The topological polar surface area (TPSA) is 61.4 Å². The molecule has 1 heterocycles. The van der Waals surface area contributed by atoms with Crippen molar-refractivity contribution in [2.24, 2.45) is 5.41 Å². The molecule has 1 aliphatic carbocycles. The Labute approximate surface area is 191 Å². The number of anilines is 1. The first-order valence-corrected chi connectivity index (χ1v) is 11.9. The smallest absolute Gasteiger partial charge is 0.253 e. The Balaban J connectivity index is 1.43. The molecule has 1 saturated heterocycles. The van der Waals surface area contributed by atoms with E-state index in [4.69, 9.17) is 0 Å². The van der Waals surface area contributed by atoms with Crippen LogP contribution in [0.15, 0.2) is 48.5 Å². The van der Waals surface area contributed by atoms with Gasteiger partial charge >= 0.3 is 0 Å². The van der Waals surface area contributed by atoms with Gasteiger partial charge in [-0.15, -0.1) is 0 Å². The summed E-state index contributed by atoms with van der Waals surface area (Å²) in [6.45, 7) is 7.47. The molecule has 2 aliphatic rings.